The first-order chi connectivity index (χ1) is 10.0. The van der Waals surface area contributed by atoms with Crippen molar-refractivity contribution in [1.29, 1.82) is 0 Å². The molecule has 1 rings (SSSR count). The van der Waals surface area contributed by atoms with E-state index in [1.54, 1.807) is 39.8 Å². The van der Waals surface area contributed by atoms with Crippen LogP contribution in [-0.4, -0.2) is 21.2 Å². The molecule has 4 N–H and O–H groups in total. The summed E-state index contributed by atoms with van der Waals surface area (Å²) in [5, 5.41) is -1.53. The summed E-state index contributed by atoms with van der Waals surface area (Å²) in [7, 11) is -4.46. The lowest BCUT2D eigenvalue weighted by molar-refractivity contribution is 0.0318. The maximum atomic E-state index is 12.1. The topological polar surface area (TPSA) is 92.8 Å². The van der Waals surface area contributed by atoms with Crippen LogP contribution in [0.2, 0.25) is 0 Å². The van der Waals surface area contributed by atoms with Gasteiger partial charge in [-0.25, -0.2) is 0 Å². The van der Waals surface area contributed by atoms with Crippen LogP contribution < -0.4 is 10.5 Å². The fraction of sp³-hybridized carbons (Fsp3) is 0.625. The van der Waals surface area contributed by atoms with E-state index in [0.29, 0.717) is 5.75 Å². The zero-order chi connectivity index (χ0) is 17.1. The Bertz CT molecular complexity index is 511. The van der Waals surface area contributed by atoms with Gasteiger partial charge in [-0.05, 0) is 31.0 Å². The number of benzene rings is 1. The van der Waals surface area contributed by atoms with E-state index >= 15 is 0 Å². The van der Waals surface area contributed by atoms with E-state index < -0.39 is 12.9 Å². The van der Waals surface area contributed by atoms with Gasteiger partial charge >= 0.3 is 7.60 Å². The molecular weight excluding hydrogens is 301 g/mol. The van der Waals surface area contributed by atoms with Crippen molar-refractivity contribution in [1.82, 2.24) is 0 Å². The molecule has 1 aromatic carbocycles. The Balaban J connectivity index is 3.13. The van der Waals surface area contributed by atoms with E-state index in [9.17, 15) is 14.4 Å². The molecule has 6 heteroatoms. The molecule has 0 fully saturated rings. The lowest BCUT2D eigenvalue weighted by atomic mass is 9.95. The van der Waals surface area contributed by atoms with Crippen molar-refractivity contribution >= 4 is 7.60 Å². The van der Waals surface area contributed by atoms with Gasteiger partial charge in [0.05, 0.1) is 0 Å². The highest BCUT2D eigenvalue weighted by Gasteiger charge is 2.54. The molecule has 0 aromatic heterocycles. The Morgan fingerprint density at radius 1 is 1.09 bits per heavy atom. The molecule has 0 radical (unpaired) electrons. The highest BCUT2D eigenvalue weighted by Crippen LogP contribution is 2.58. The summed E-state index contributed by atoms with van der Waals surface area (Å²) in [6, 6.07) is 7.31. The van der Waals surface area contributed by atoms with Crippen LogP contribution in [0.4, 0.5) is 0 Å². The maximum absolute atomic E-state index is 12.1. The minimum Gasteiger partial charge on any atom is -0.474 e. The third-order valence-corrected chi connectivity index (χ3v) is 5.91. The zero-order valence-electron chi connectivity index (χ0n) is 14.0. The first kappa shape index (κ1) is 19.2. The van der Waals surface area contributed by atoms with Crippen LogP contribution >= 0.6 is 7.60 Å². The smallest absolute Gasteiger partial charge is 0.369 e. The normalized spacial score (nSPS) is 14.5. The van der Waals surface area contributed by atoms with Crippen molar-refractivity contribution in [3.8, 4) is 5.75 Å². The second kappa shape index (κ2) is 7.14. The average molecular weight is 329 g/mol. The van der Waals surface area contributed by atoms with Gasteiger partial charge in [-0.3, -0.25) is 4.57 Å². The molecule has 0 spiro atoms. The summed E-state index contributed by atoms with van der Waals surface area (Å²) in [5.74, 6) is -0.215. The SMILES string of the molecule is CC(C)C(Oc1ccc(C[C@@H](C)N)cc1)(C(C)C)P(=O)(O)O. The van der Waals surface area contributed by atoms with Gasteiger partial charge in [0.25, 0.3) is 0 Å². The second-order valence-corrected chi connectivity index (χ2v) is 8.32. The van der Waals surface area contributed by atoms with Crippen LogP contribution in [0, 0.1) is 11.8 Å². The van der Waals surface area contributed by atoms with Crippen LogP contribution in [0.3, 0.4) is 0 Å². The minimum absolute atomic E-state index is 0.0623. The summed E-state index contributed by atoms with van der Waals surface area (Å²) in [5.41, 5.74) is 6.83. The van der Waals surface area contributed by atoms with E-state index in [1.165, 1.54) is 0 Å². The molecule has 1 atom stereocenters. The lowest BCUT2D eigenvalue weighted by Crippen LogP contribution is -2.46. The molecule has 126 valence electrons. The first-order valence-corrected chi connectivity index (χ1v) is 9.21. The van der Waals surface area contributed by atoms with Crippen molar-refractivity contribution in [3.63, 3.8) is 0 Å². The third kappa shape index (κ3) is 4.11. The Morgan fingerprint density at radius 2 is 1.55 bits per heavy atom. The quantitative estimate of drug-likeness (QED) is 0.668. The lowest BCUT2D eigenvalue weighted by Gasteiger charge is -2.41. The molecular formula is C16H28NO4P. The van der Waals surface area contributed by atoms with Gasteiger partial charge in [0.15, 0.2) is 0 Å². The highest BCUT2D eigenvalue weighted by molar-refractivity contribution is 7.53. The monoisotopic (exact) mass is 329 g/mol. The number of hydrogen-bond donors (Lipinski definition) is 3. The summed E-state index contributed by atoms with van der Waals surface area (Å²) < 4.78 is 18.0. The molecule has 0 heterocycles. The predicted molar refractivity (Wildman–Crippen MR) is 88.9 cm³/mol. The summed E-state index contributed by atoms with van der Waals surface area (Å²) >= 11 is 0. The van der Waals surface area contributed by atoms with Gasteiger partial charge in [-0.1, -0.05) is 39.8 Å². The van der Waals surface area contributed by atoms with Gasteiger partial charge in [0, 0.05) is 17.9 Å². The van der Waals surface area contributed by atoms with E-state index in [4.69, 9.17) is 10.5 Å². The molecule has 0 saturated carbocycles. The molecule has 0 aliphatic heterocycles. The number of hydrogen-bond acceptors (Lipinski definition) is 3. The fourth-order valence-electron chi connectivity index (χ4n) is 2.89. The Hall–Kier alpha value is -0.870. The van der Waals surface area contributed by atoms with E-state index in [2.05, 4.69) is 0 Å². The summed E-state index contributed by atoms with van der Waals surface area (Å²) in [4.78, 5) is 19.7. The maximum Gasteiger partial charge on any atom is 0.369 e. The molecule has 0 aliphatic rings. The van der Waals surface area contributed by atoms with Crippen LogP contribution in [0.15, 0.2) is 24.3 Å². The Kier molecular flexibility index (Phi) is 6.22. The van der Waals surface area contributed by atoms with Crippen molar-refractivity contribution in [2.75, 3.05) is 0 Å². The van der Waals surface area contributed by atoms with Gasteiger partial charge in [0.2, 0.25) is 5.34 Å². The molecule has 0 bridgehead atoms. The molecule has 0 amide bonds. The molecule has 0 aliphatic carbocycles. The van der Waals surface area contributed by atoms with Crippen molar-refractivity contribution in [2.24, 2.45) is 17.6 Å². The van der Waals surface area contributed by atoms with Gasteiger partial charge in [-0.2, -0.15) is 0 Å². The predicted octanol–water partition coefficient (Wildman–Crippen LogP) is 3.14. The van der Waals surface area contributed by atoms with Crippen LogP contribution in [0.5, 0.6) is 5.75 Å². The minimum atomic E-state index is -4.46. The first-order valence-electron chi connectivity index (χ1n) is 7.60. The second-order valence-electron chi connectivity index (χ2n) is 6.53. The number of nitrogens with two attached hydrogens (primary N) is 1. The number of rotatable bonds is 7. The van der Waals surface area contributed by atoms with Gasteiger partial charge in [-0.15, -0.1) is 0 Å². The largest absolute Gasteiger partial charge is 0.474 e. The average Bonchev–Trinajstić information content (AvgIpc) is 2.34. The molecule has 1 aromatic rings. The summed E-state index contributed by atoms with van der Waals surface area (Å²) in [6.45, 7) is 9.00. The zero-order valence-corrected chi connectivity index (χ0v) is 14.9. The van der Waals surface area contributed by atoms with E-state index in [1.807, 2.05) is 19.1 Å². The Morgan fingerprint density at radius 3 is 1.86 bits per heavy atom. The van der Waals surface area contributed by atoms with Crippen LogP contribution in [-0.2, 0) is 11.0 Å². The van der Waals surface area contributed by atoms with Crippen LogP contribution in [0.1, 0.15) is 40.2 Å². The third-order valence-electron chi connectivity index (χ3n) is 3.87. The van der Waals surface area contributed by atoms with E-state index in [0.717, 1.165) is 12.0 Å². The standard InChI is InChI=1S/C16H28NO4P/c1-11(2)16(12(3)4,22(18,19)20)21-15-8-6-14(7-9-15)10-13(5)17/h6-9,11-13H,10,17H2,1-5H3,(H2,18,19,20)/t13-/m1/s1. The summed E-state index contributed by atoms with van der Waals surface area (Å²) in [6.07, 6.45) is 0.748. The fourth-order valence-corrected chi connectivity index (χ4v) is 4.46. The highest BCUT2D eigenvalue weighted by atomic mass is 31.2. The molecule has 22 heavy (non-hydrogen) atoms. The molecule has 5 nitrogen and oxygen atoms in total. The van der Waals surface area contributed by atoms with Crippen LogP contribution in [0.25, 0.3) is 0 Å². The molecule has 0 saturated heterocycles. The van der Waals surface area contributed by atoms with Crippen molar-refractivity contribution in [2.45, 2.75) is 52.4 Å². The van der Waals surface area contributed by atoms with Crippen molar-refractivity contribution < 1.29 is 19.1 Å². The Labute approximate surface area is 133 Å². The van der Waals surface area contributed by atoms with Gasteiger partial charge in [0.1, 0.15) is 5.75 Å². The number of ether oxygens (including phenoxy) is 1. The molecule has 0 unspecified atom stereocenters. The van der Waals surface area contributed by atoms with E-state index in [-0.39, 0.29) is 17.9 Å². The van der Waals surface area contributed by atoms with Crippen molar-refractivity contribution in [3.05, 3.63) is 29.8 Å². The van der Waals surface area contributed by atoms with Gasteiger partial charge < -0.3 is 20.3 Å².